The molecule has 0 aliphatic rings. The highest BCUT2D eigenvalue weighted by atomic mass is 32.2. The Balaban J connectivity index is 1.87. The Labute approximate surface area is 152 Å². The number of nitro groups is 1. The second-order valence-electron chi connectivity index (χ2n) is 4.97. The zero-order chi connectivity index (χ0) is 18.7. The summed E-state index contributed by atoms with van der Waals surface area (Å²) in [5.74, 6) is 0.676. The fourth-order valence-electron chi connectivity index (χ4n) is 2.12. The van der Waals surface area contributed by atoms with Crippen molar-refractivity contribution in [1.82, 2.24) is 10.2 Å². The van der Waals surface area contributed by atoms with Crippen molar-refractivity contribution < 1.29 is 18.1 Å². The van der Waals surface area contributed by atoms with Gasteiger partial charge >= 0.3 is 0 Å². The summed E-state index contributed by atoms with van der Waals surface area (Å²) in [6.45, 7) is 0. The average molecular weight is 392 g/mol. The van der Waals surface area contributed by atoms with Gasteiger partial charge in [0.05, 0.1) is 12.0 Å². The van der Waals surface area contributed by atoms with Crippen LogP contribution < -0.4 is 9.46 Å². The summed E-state index contributed by atoms with van der Waals surface area (Å²) in [5, 5.41) is 19.3. The van der Waals surface area contributed by atoms with E-state index in [0.29, 0.717) is 10.8 Å². The fraction of sp³-hybridized carbons (Fsp3) is 0.0667. The monoisotopic (exact) mass is 392 g/mol. The number of ether oxygens (including phenoxy) is 1. The van der Waals surface area contributed by atoms with E-state index in [9.17, 15) is 18.5 Å². The number of para-hydroxylation sites is 1. The Morgan fingerprint density at radius 2 is 1.81 bits per heavy atom. The Bertz CT molecular complexity index is 1050. The Morgan fingerprint density at radius 3 is 2.46 bits per heavy atom. The Kier molecular flexibility index (Phi) is 4.82. The first-order chi connectivity index (χ1) is 12.4. The van der Waals surface area contributed by atoms with Crippen LogP contribution in [-0.2, 0) is 10.0 Å². The molecule has 0 saturated carbocycles. The summed E-state index contributed by atoms with van der Waals surface area (Å²) in [6, 6.07) is 12.1. The molecule has 26 heavy (non-hydrogen) atoms. The van der Waals surface area contributed by atoms with E-state index < -0.39 is 25.5 Å². The van der Waals surface area contributed by atoms with Gasteiger partial charge in [0.25, 0.3) is 15.7 Å². The van der Waals surface area contributed by atoms with Gasteiger partial charge in [0.2, 0.25) is 5.13 Å². The predicted octanol–water partition coefficient (Wildman–Crippen LogP) is 2.92. The van der Waals surface area contributed by atoms with Crippen LogP contribution >= 0.6 is 11.3 Å². The number of nitrogens with zero attached hydrogens (tertiary/aromatic N) is 3. The molecule has 0 saturated heterocycles. The van der Waals surface area contributed by atoms with Crippen LogP contribution in [0.2, 0.25) is 0 Å². The molecule has 1 aromatic heterocycles. The van der Waals surface area contributed by atoms with Crippen molar-refractivity contribution in [2.75, 3.05) is 11.8 Å². The number of hydrogen-bond acceptors (Lipinski definition) is 8. The molecule has 0 spiro atoms. The second-order valence-corrected chi connectivity index (χ2v) is 7.60. The third-order valence-corrected chi connectivity index (χ3v) is 5.74. The number of benzene rings is 2. The van der Waals surface area contributed by atoms with Crippen molar-refractivity contribution >= 4 is 32.2 Å². The van der Waals surface area contributed by atoms with E-state index in [1.165, 1.54) is 12.1 Å². The van der Waals surface area contributed by atoms with Crippen molar-refractivity contribution in [2.45, 2.75) is 4.90 Å². The quantitative estimate of drug-likeness (QED) is 0.505. The first kappa shape index (κ1) is 17.8. The summed E-state index contributed by atoms with van der Waals surface area (Å²) in [4.78, 5) is 9.85. The minimum absolute atomic E-state index is 0.00830. The molecule has 0 fully saturated rings. The molecule has 0 bridgehead atoms. The molecule has 0 unspecified atom stereocenters. The Hall–Kier alpha value is -3.05. The number of hydrogen-bond donors (Lipinski definition) is 1. The van der Waals surface area contributed by atoms with E-state index in [1.807, 2.05) is 0 Å². The number of anilines is 1. The van der Waals surface area contributed by atoms with E-state index in [4.69, 9.17) is 4.74 Å². The van der Waals surface area contributed by atoms with Gasteiger partial charge in [-0.2, -0.15) is 0 Å². The van der Waals surface area contributed by atoms with Gasteiger partial charge in [0.1, 0.15) is 10.8 Å². The van der Waals surface area contributed by atoms with Crippen LogP contribution in [0.3, 0.4) is 0 Å². The van der Waals surface area contributed by atoms with Gasteiger partial charge in [-0.05, 0) is 30.3 Å². The first-order valence-corrected chi connectivity index (χ1v) is 9.45. The lowest BCUT2D eigenvalue weighted by Gasteiger charge is -2.05. The van der Waals surface area contributed by atoms with Gasteiger partial charge in [-0.25, -0.2) is 8.42 Å². The Morgan fingerprint density at radius 1 is 1.12 bits per heavy atom. The largest absolute Gasteiger partial charge is 0.497 e. The number of methoxy groups -OCH3 is 1. The highest BCUT2D eigenvalue weighted by Gasteiger charge is 2.26. The fourth-order valence-corrected chi connectivity index (χ4v) is 4.27. The maximum absolute atomic E-state index is 12.5. The van der Waals surface area contributed by atoms with Gasteiger partial charge < -0.3 is 4.74 Å². The molecule has 9 nitrogen and oxygen atoms in total. The molecule has 1 N–H and O–H groups in total. The topological polar surface area (TPSA) is 124 Å². The normalized spacial score (nSPS) is 11.1. The van der Waals surface area contributed by atoms with Crippen LogP contribution in [0.25, 0.3) is 10.6 Å². The molecular weight excluding hydrogens is 380 g/mol. The third-order valence-electron chi connectivity index (χ3n) is 3.34. The van der Waals surface area contributed by atoms with E-state index >= 15 is 0 Å². The van der Waals surface area contributed by atoms with E-state index in [2.05, 4.69) is 14.9 Å². The lowest BCUT2D eigenvalue weighted by atomic mass is 10.2. The van der Waals surface area contributed by atoms with Gasteiger partial charge in [-0.1, -0.05) is 23.5 Å². The number of rotatable bonds is 6. The molecule has 3 aromatic rings. The number of aromatic nitrogens is 2. The highest BCUT2D eigenvalue weighted by molar-refractivity contribution is 7.93. The van der Waals surface area contributed by atoms with Crippen LogP contribution in [0.5, 0.6) is 5.75 Å². The molecule has 0 aliphatic heterocycles. The van der Waals surface area contributed by atoms with Crippen molar-refractivity contribution in [3.8, 4) is 16.3 Å². The van der Waals surface area contributed by atoms with Gasteiger partial charge in [-0.15, -0.1) is 10.2 Å². The van der Waals surface area contributed by atoms with Gasteiger partial charge in [0, 0.05) is 11.6 Å². The van der Waals surface area contributed by atoms with Crippen LogP contribution in [-0.4, -0.2) is 30.6 Å². The minimum atomic E-state index is -4.17. The molecule has 11 heteroatoms. The van der Waals surface area contributed by atoms with Gasteiger partial charge in [-0.3, -0.25) is 14.8 Å². The smallest absolute Gasteiger partial charge is 0.289 e. The third kappa shape index (κ3) is 3.63. The summed E-state index contributed by atoms with van der Waals surface area (Å²) in [5.41, 5.74) is 0.222. The van der Waals surface area contributed by atoms with E-state index in [-0.39, 0.29) is 5.13 Å². The molecule has 3 rings (SSSR count). The van der Waals surface area contributed by atoms with Crippen molar-refractivity contribution in [3.63, 3.8) is 0 Å². The number of nitro benzene ring substituents is 1. The summed E-state index contributed by atoms with van der Waals surface area (Å²) < 4.78 is 32.2. The minimum Gasteiger partial charge on any atom is -0.497 e. The zero-order valence-electron chi connectivity index (χ0n) is 13.3. The van der Waals surface area contributed by atoms with E-state index in [1.54, 1.807) is 31.4 Å². The molecule has 134 valence electrons. The lowest BCUT2D eigenvalue weighted by Crippen LogP contribution is -2.14. The molecular formula is C15H12N4O5S2. The zero-order valence-corrected chi connectivity index (χ0v) is 15.0. The summed E-state index contributed by atoms with van der Waals surface area (Å²) in [7, 11) is -2.62. The van der Waals surface area contributed by atoms with Crippen molar-refractivity contribution in [1.29, 1.82) is 0 Å². The maximum atomic E-state index is 12.5. The molecule has 0 aliphatic carbocycles. The molecule has 0 radical (unpaired) electrons. The highest BCUT2D eigenvalue weighted by Crippen LogP contribution is 2.30. The van der Waals surface area contributed by atoms with Crippen molar-refractivity contribution in [2.24, 2.45) is 0 Å². The van der Waals surface area contributed by atoms with Crippen LogP contribution in [0.4, 0.5) is 10.8 Å². The maximum Gasteiger partial charge on any atom is 0.289 e. The standard InChI is InChI=1S/C15H12N4O5S2/c1-24-11-8-6-10(7-9-11)14-16-17-15(25-14)18-26(22,23)13-5-3-2-4-12(13)19(20)21/h2-9H,1H3,(H,17,18). The first-order valence-electron chi connectivity index (χ1n) is 7.15. The van der Waals surface area contributed by atoms with Crippen LogP contribution in [0, 0.1) is 10.1 Å². The second kappa shape index (κ2) is 7.06. The molecule has 0 amide bonds. The molecule has 1 heterocycles. The summed E-state index contributed by atoms with van der Waals surface area (Å²) >= 11 is 1.01. The predicted molar refractivity (Wildman–Crippen MR) is 95.8 cm³/mol. The summed E-state index contributed by atoms with van der Waals surface area (Å²) in [6.07, 6.45) is 0. The number of nitrogens with one attached hydrogen (secondary N) is 1. The van der Waals surface area contributed by atoms with Crippen LogP contribution in [0.15, 0.2) is 53.4 Å². The van der Waals surface area contributed by atoms with E-state index in [0.717, 1.165) is 29.0 Å². The average Bonchev–Trinajstić information content (AvgIpc) is 3.09. The number of sulfonamides is 1. The molecule has 2 aromatic carbocycles. The van der Waals surface area contributed by atoms with Crippen molar-refractivity contribution in [3.05, 3.63) is 58.6 Å². The van der Waals surface area contributed by atoms with Gasteiger partial charge in [0.15, 0.2) is 4.90 Å². The SMILES string of the molecule is COc1ccc(-c2nnc(NS(=O)(=O)c3ccccc3[N+](=O)[O-])s2)cc1. The molecule has 0 atom stereocenters. The lowest BCUT2D eigenvalue weighted by molar-refractivity contribution is -0.387. The van der Waals surface area contributed by atoms with Crippen LogP contribution in [0.1, 0.15) is 0 Å².